The van der Waals surface area contributed by atoms with Crippen LogP contribution < -0.4 is 11.3 Å². The van der Waals surface area contributed by atoms with Gasteiger partial charge in [0.05, 0.1) is 22.6 Å². The minimum atomic E-state index is -0.201. The van der Waals surface area contributed by atoms with Gasteiger partial charge < -0.3 is 4.42 Å². The Bertz CT molecular complexity index is 466. The first kappa shape index (κ1) is 12.3. The van der Waals surface area contributed by atoms with Crippen LogP contribution in [0.1, 0.15) is 30.8 Å². The van der Waals surface area contributed by atoms with Gasteiger partial charge in [-0.2, -0.15) is 5.10 Å². The Kier molecular flexibility index (Phi) is 3.98. The molecule has 2 aromatic heterocycles. The molecule has 17 heavy (non-hydrogen) atoms. The zero-order valence-electron chi connectivity index (χ0n) is 9.56. The third kappa shape index (κ3) is 2.43. The summed E-state index contributed by atoms with van der Waals surface area (Å²) in [5, 5.41) is 4.32. The van der Waals surface area contributed by atoms with E-state index in [0.717, 1.165) is 28.9 Å². The van der Waals surface area contributed by atoms with Crippen molar-refractivity contribution in [2.75, 3.05) is 0 Å². The summed E-state index contributed by atoms with van der Waals surface area (Å²) in [7, 11) is 0. The zero-order valence-corrected chi connectivity index (χ0v) is 11.1. The average molecular weight is 299 g/mol. The third-order valence-electron chi connectivity index (χ3n) is 2.54. The lowest BCUT2D eigenvalue weighted by Gasteiger charge is -2.16. The molecule has 0 aromatic carbocycles. The van der Waals surface area contributed by atoms with E-state index in [1.54, 1.807) is 12.5 Å². The van der Waals surface area contributed by atoms with E-state index in [-0.39, 0.29) is 6.04 Å². The molecule has 2 aromatic rings. The van der Waals surface area contributed by atoms with E-state index in [0.29, 0.717) is 0 Å². The van der Waals surface area contributed by atoms with Gasteiger partial charge in [0.1, 0.15) is 11.8 Å². The number of hydrogen-bond donors (Lipinski definition) is 2. The predicted octanol–water partition coefficient (Wildman–Crippen LogP) is 2.20. The molecule has 0 bridgehead atoms. The van der Waals surface area contributed by atoms with Gasteiger partial charge in [-0.15, -0.1) is 0 Å². The number of halogens is 1. The summed E-state index contributed by atoms with van der Waals surface area (Å²) in [5.41, 5.74) is 3.74. The Hall–Kier alpha value is -1.11. The first-order valence-electron chi connectivity index (χ1n) is 5.48. The number of nitrogens with one attached hydrogen (secondary N) is 1. The van der Waals surface area contributed by atoms with Gasteiger partial charge in [-0.05, 0) is 34.5 Å². The second-order valence-corrected chi connectivity index (χ2v) is 4.57. The Morgan fingerprint density at radius 3 is 3.06 bits per heavy atom. The number of nitrogens with two attached hydrogens (primary N) is 1. The summed E-state index contributed by atoms with van der Waals surface area (Å²) in [6.45, 7) is 2.96. The number of rotatable bonds is 5. The topological polar surface area (TPSA) is 69.0 Å². The highest BCUT2D eigenvalue weighted by atomic mass is 79.9. The number of furan rings is 1. The minimum Gasteiger partial charge on any atom is -0.467 e. The molecule has 0 radical (unpaired) electrons. The molecule has 2 heterocycles. The molecule has 1 atom stereocenters. The molecule has 0 saturated heterocycles. The van der Waals surface area contributed by atoms with Crippen molar-refractivity contribution in [2.24, 2.45) is 5.84 Å². The van der Waals surface area contributed by atoms with Crippen LogP contribution >= 0.6 is 15.9 Å². The highest BCUT2D eigenvalue weighted by Gasteiger charge is 2.22. The van der Waals surface area contributed by atoms with Crippen molar-refractivity contribution in [2.45, 2.75) is 25.9 Å². The number of hydrogen-bond acceptors (Lipinski definition) is 4. The largest absolute Gasteiger partial charge is 0.467 e. The lowest BCUT2D eigenvalue weighted by Crippen LogP contribution is -2.30. The fraction of sp³-hybridized carbons (Fsp3) is 0.364. The van der Waals surface area contributed by atoms with Crippen LogP contribution in [-0.4, -0.2) is 9.78 Å². The van der Waals surface area contributed by atoms with Gasteiger partial charge in [0, 0.05) is 6.54 Å². The number of aryl methyl sites for hydroxylation is 1. The molecular weight excluding hydrogens is 284 g/mol. The standard InChI is InChI=1S/C11H15BrN4O/c1-2-5-16-11(8(12)7-14-16)10(15-13)9-4-3-6-17-9/h3-4,6-7,10,15H,2,5,13H2,1H3. The van der Waals surface area contributed by atoms with Crippen LogP contribution in [0.25, 0.3) is 0 Å². The second kappa shape index (κ2) is 5.48. The van der Waals surface area contributed by atoms with Crippen molar-refractivity contribution in [3.05, 3.63) is 40.5 Å². The lowest BCUT2D eigenvalue weighted by atomic mass is 10.1. The summed E-state index contributed by atoms with van der Waals surface area (Å²) in [6.07, 6.45) is 4.42. The van der Waals surface area contributed by atoms with Crippen molar-refractivity contribution < 1.29 is 4.42 Å². The van der Waals surface area contributed by atoms with Gasteiger partial charge in [0.25, 0.3) is 0 Å². The highest BCUT2D eigenvalue weighted by molar-refractivity contribution is 9.10. The van der Waals surface area contributed by atoms with E-state index in [4.69, 9.17) is 10.3 Å². The summed E-state index contributed by atoms with van der Waals surface area (Å²) in [6, 6.07) is 3.53. The zero-order chi connectivity index (χ0) is 12.3. The molecule has 6 heteroatoms. The average Bonchev–Trinajstić information content (AvgIpc) is 2.94. The van der Waals surface area contributed by atoms with Crippen molar-refractivity contribution >= 4 is 15.9 Å². The first-order chi connectivity index (χ1) is 8.27. The number of aromatic nitrogens is 2. The summed E-state index contributed by atoms with van der Waals surface area (Å²) >= 11 is 3.49. The molecular formula is C11H15BrN4O. The molecule has 5 nitrogen and oxygen atoms in total. The van der Waals surface area contributed by atoms with Gasteiger partial charge in [-0.25, -0.2) is 5.43 Å². The fourth-order valence-electron chi connectivity index (χ4n) is 1.80. The monoisotopic (exact) mass is 298 g/mol. The maximum absolute atomic E-state index is 5.62. The van der Waals surface area contributed by atoms with Crippen LogP contribution in [0.5, 0.6) is 0 Å². The molecule has 0 amide bonds. The van der Waals surface area contributed by atoms with E-state index in [9.17, 15) is 0 Å². The molecule has 92 valence electrons. The van der Waals surface area contributed by atoms with Crippen LogP contribution in [0, 0.1) is 0 Å². The Morgan fingerprint density at radius 1 is 1.65 bits per heavy atom. The first-order valence-corrected chi connectivity index (χ1v) is 6.28. The lowest BCUT2D eigenvalue weighted by molar-refractivity contribution is 0.427. The Balaban J connectivity index is 2.39. The summed E-state index contributed by atoms with van der Waals surface area (Å²) < 4.78 is 8.24. The van der Waals surface area contributed by atoms with E-state index in [1.165, 1.54) is 0 Å². The van der Waals surface area contributed by atoms with Crippen molar-refractivity contribution in [1.82, 2.24) is 15.2 Å². The SMILES string of the molecule is CCCn1ncc(Br)c1C(NN)c1ccco1. The Morgan fingerprint density at radius 2 is 2.47 bits per heavy atom. The van der Waals surface area contributed by atoms with Crippen molar-refractivity contribution in [3.63, 3.8) is 0 Å². The number of nitrogens with zero attached hydrogens (tertiary/aromatic N) is 2. The maximum atomic E-state index is 5.62. The van der Waals surface area contributed by atoms with Crippen LogP contribution in [-0.2, 0) is 6.54 Å². The minimum absolute atomic E-state index is 0.201. The molecule has 2 rings (SSSR count). The Labute approximate surface area is 108 Å². The maximum Gasteiger partial charge on any atom is 0.128 e. The van der Waals surface area contributed by atoms with E-state index in [2.05, 4.69) is 33.4 Å². The van der Waals surface area contributed by atoms with Crippen LogP contribution in [0.4, 0.5) is 0 Å². The van der Waals surface area contributed by atoms with E-state index < -0.39 is 0 Å². The van der Waals surface area contributed by atoms with Crippen LogP contribution in [0.2, 0.25) is 0 Å². The summed E-state index contributed by atoms with van der Waals surface area (Å²) in [4.78, 5) is 0. The van der Waals surface area contributed by atoms with Gasteiger partial charge in [-0.1, -0.05) is 6.92 Å². The molecule has 0 fully saturated rings. The highest BCUT2D eigenvalue weighted by Crippen LogP contribution is 2.28. The number of hydrazine groups is 1. The van der Waals surface area contributed by atoms with Gasteiger partial charge in [0.2, 0.25) is 0 Å². The molecule has 3 N–H and O–H groups in total. The van der Waals surface area contributed by atoms with Crippen LogP contribution in [0.15, 0.2) is 33.5 Å². The molecule has 0 aliphatic rings. The normalized spacial score (nSPS) is 12.9. The fourth-order valence-corrected chi connectivity index (χ4v) is 2.33. The quantitative estimate of drug-likeness (QED) is 0.656. The molecule has 0 saturated carbocycles. The predicted molar refractivity (Wildman–Crippen MR) is 68.1 cm³/mol. The molecule has 0 spiro atoms. The van der Waals surface area contributed by atoms with Gasteiger partial charge in [-0.3, -0.25) is 10.5 Å². The summed E-state index contributed by atoms with van der Waals surface area (Å²) in [5.74, 6) is 6.39. The molecule has 0 aliphatic heterocycles. The van der Waals surface area contributed by atoms with E-state index in [1.807, 2.05) is 16.8 Å². The van der Waals surface area contributed by atoms with E-state index >= 15 is 0 Å². The molecule has 1 unspecified atom stereocenters. The third-order valence-corrected chi connectivity index (χ3v) is 3.15. The van der Waals surface area contributed by atoms with Crippen molar-refractivity contribution in [3.8, 4) is 0 Å². The smallest absolute Gasteiger partial charge is 0.128 e. The van der Waals surface area contributed by atoms with Crippen molar-refractivity contribution in [1.29, 1.82) is 0 Å². The van der Waals surface area contributed by atoms with Gasteiger partial charge >= 0.3 is 0 Å². The second-order valence-electron chi connectivity index (χ2n) is 3.72. The van der Waals surface area contributed by atoms with Crippen LogP contribution in [0.3, 0.4) is 0 Å². The van der Waals surface area contributed by atoms with Gasteiger partial charge in [0.15, 0.2) is 0 Å². The molecule has 0 aliphatic carbocycles.